The summed E-state index contributed by atoms with van der Waals surface area (Å²) in [6, 6.07) is 1.84. The van der Waals surface area contributed by atoms with Crippen LogP contribution in [-0.2, 0) is 0 Å². The number of carboxylic acids is 2. The summed E-state index contributed by atoms with van der Waals surface area (Å²) in [5, 5.41) is 24.6. The highest BCUT2D eigenvalue weighted by Crippen LogP contribution is 2.44. The second-order valence-corrected chi connectivity index (χ2v) is 10.8. The van der Waals surface area contributed by atoms with Crippen LogP contribution in [0.4, 0.5) is 20.2 Å². The molecule has 2 aromatic heterocycles. The fourth-order valence-electron chi connectivity index (χ4n) is 5.59. The zero-order valence-corrected chi connectivity index (χ0v) is 23.7. The number of fused-ring (bicyclic) bond motifs is 2. The first-order valence-electron chi connectivity index (χ1n) is 13.9. The number of carboxylic acid groups (broad SMARTS) is 2. The summed E-state index contributed by atoms with van der Waals surface area (Å²) in [6.45, 7) is 0.0708. The number of nitrogens with zero attached hydrogens (tertiary/aromatic N) is 2. The Morgan fingerprint density at radius 1 is 0.773 bits per heavy atom. The molecule has 4 aromatic rings. The Hall–Kier alpha value is -5.14. The van der Waals surface area contributed by atoms with Gasteiger partial charge in [-0.1, -0.05) is 0 Å². The molecule has 2 saturated carbocycles. The summed E-state index contributed by atoms with van der Waals surface area (Å²) in [7, 11) is 2.63. The van der Waals surface area contributed by atoms with Gasteiger partial charge in [0, 0.05) is 37.6 Å². The molecule has 0 bridgehead atoms. The molecule has 0 radical (unpaired) electrons. The lowest BCUT2D eigenvalue weighted by Crippen LogP contribution is -2.21. The van der Waals surface area contributed by atoms with Gasteiger partial charge in [-0.15, -0.1) is 0 Å². The summed E-state index contributed by atoms with van der Waals surface area (Å²) in [6.07, 6.45) is 5.55. The third kappa shape index (κ3) is 4.75. The number of carbonyl (C=O) groups is 2. The van der Waals surface area contributed by atoms with Gasteiger partial charge in [-0.05, 0) is 37.8 Å². The monoisotopic (exact) mass is 610 g/mol. The van der Waals surface area contributed by atoms with E-state index in [0.29, 0.717) is 0 Å². The molecular formula is C30H28F2N4O8. The molecule has 0 spiro atoms. The molecule has 44 heavy (non-hydrogen) atoms. The number of benzene rings is 2. The predicted octanol–water partition coefficient (Wildman–Crippen LogP) is 4.20. The number of halogens is 2. The molecule has 230 valence electrons. The molecule has 0 unspecified atom stereocenters. The minimum absolute atomic E-state index is 0.0260. The van der Waals surface area contributed by atoms with E-state index in [2.05, 4.69) is 10.6 Å². The molecule has 4 N–H and O–H groups in total. The highest BCUT2D eigenvalue weighted by molar-refractivity contribution is 5.98. The molecule has 2 aromatic carbocycles. The standard InChI is InChI=1S/C30H28F2N4O8/c1-43-27-21(19(31)9-15-23(27)35(13-3-4-13)11-17(25(15)37)29(39)40)33-7-8-34-22-20(32)10-16-24(28(22)44-2)36(14-5-6-14)12-18(26(16)38)30(41)42/h9-14,33-34H,3-8H2,1-2H3,(H,39,40)(H,41,42). The number of aromatic nitrogens is 2. The number of anilines is 2. The van der Waals surface area contributed by atoms with Crippen LogP contribution in [0.3, 0.4) is 0 Å². The number of ether oxygens (including phenoxy) is 2. The molecule has 12 nitrogen and oxygen atoms in total. The Kier molecular flexibility index (Phi) is 7.14. The maximum atomic E-state index is 15.4. The first kappa shape index (κ1) is 29.0. The van der Waals surface area contributed by atoms with Crippen LogP contribution in [0.2, 0.25) is 0 Å². The Labute approximate surface area is 247 Å². The molecule has 0 saturated heterocycles. The maximum Gasteiger partial charge on any atom is 0.341 e. The van der Waals surface area contributed by atoms with Gasteiger partial charge in [0.05, 0.1) is 36.0 Å². The Balaban J connectivity index is 1.33. The van der Waals surface area contributed by atoms with Crippen LogP contribution >= 0.6 is 0 Å². The summed E-state index contributed by atoms with van der Waals surface area (Å²) in [5.74, 6) is -4.45. The van der Waals surface area contributed by atoms with Crippen LogP contribution < -0.4 is 31.0 Å². The van der Waals surface area contributed by atoms with Gasteiger partial charge in [-0.25, -0.2) is 18.4 Å². The van der Waals surface area contributed by atoms with Crippen LogP contribution in [0.1, 0.15) is 58.5 Å². The number of methoxy groups -OCH3 is 2. The van der Waals surface area contributed by atoms with Crippen molar-refractivity contribution >= 4 is 45.1 Å². The van der Waals surface area contributed by atoms with E-state index >= 15 is 8.78 Å². The SMILES string of the molecule is COc1c(NCCNc2c(F)cc3c(=O)c(C(=O)O)cn(C4CC4)c3c2OC)c(F)cc2c(=O)c(C(=O)O)cn(C3CC3)c12. The fraction of sp³-hybridized carbons (Fsp3) is 0.333. The van der Waals surface area contributed by atoms with Crippen molar-refractivity contribution in [2.75, 3.05) is 37.9 Å². The minimum atomic E-state index is -1.41. The number of pyridine rings is 2. The lowest BCUT2D eigenvalue weighted by Gasteiger charge is -2.20. The first-order valence-corrected chi connectivity index (χ1v) is 13.9. The number of hydrogen-bond acceptors (Lipinski definition) is 8. The van der Waals surface area contributed by atoms with Gasteiger partial charge in [-0.3, -0.25) is 9.59 Å². The van der Waals surface area contributed by atoms with Crippen molar-refractivity contribution in [3.05, 3.63) is 67.7 Å². The van der Waals surface area contributed by atoms with Crippen LogP contribution in [0.5, 0.6) is 11.5 Å². The Bertz CT molecular complexity index is 1850. The molecule has 2 heterocycles. The average molecular weight is 611 g/mol. The van der Waals surface area contributed by atoms with Crippen LogP contribution in [-0.4, -0.2) is 58.6 Å². The number of hydrogen-bond donors (Lipinski definition) is 4. The van der Waals surface area contributed by atoms with Gasteiger partial charge in [0.1, 0.15) is 22.5 Å². The van der Waals surface area contributed by atoms with E-state index in [0.717, 1.165) is 37.8 Å². The van der Waals surface area contributed by atoms with E-state index in [9.17, 15) is 29.4 Å². The molecular weight excluding hydrogens is 582 g/mol. The zero-order valence-electron chi connectivity index (χ0n) is 23.7. The van der Waals surface area contributed by atoms with Crippen molar-refractivity contribution < 1.29 is 38.1 Å². The largest absolute Gasteiger partial charge is 0.492 e. The molecule has 14 heteroatoms. The van der Waals surface area contributed by atoms with Crippen molar-refractivity contribution in [2.45, 2.75) is 37.8 Å². The van der Waals surface area contributed by atoms with E-state index in [1.807, 2.05) is 0 Å². The van der Waals surface area contributed by atoms with Gasteiger partial charge in [0.2, 0.25) is 10.9 Å². The summed E-state index contributed by atoms with van der Waals surface area (Å²) in [4.78, 5) is 49.2. The third-order valence-corrected chi connectivity index (χ3v) is 7.92. The molecule has 6 rings (SSSR count). The van der Waals surface area contributed by atoms with Crippen LogP contribution in [0, 0.1) is 11.6 Å². The van der Waals surface area contributed by atoms with Crippen molar-refractivity contribution in [1.82, 2.24) is 9.13 Å². The van der Waals surface area contributed by atoms with Gasteiger partial charge >= 0.3 is 11.9 Å². The van der Waals surface area contributed by atoms with E-state index < -0.39 is 45.6 Å². The zero-order chi connectivity index (χ0) is 31.4. The first-order chi connectivity index (χ1) is 21.1. The minimum Gasteiger partial charge on any atom is -0.492 e. The molecule has 2 fully saturated rings. The fourth-order valence-corrected chi connectivity index (χ4v) is 5.59. The second kappa shape index (κ2) is 10.8. The number of nitrogens with one attached hydrogen (secondary N) is 2. The highest BCUT2D eigenvalue weighted by atomic mass is 19.1. The summed E-state index contributed by atoms with van der Waals surface area (Å²) < 4.78 is 45.1. The topological polar surface area (TPSA) is 161 Å². The Morgan fingerprint density at radius 2 is 1.14 bits per heavy atom. The van der Waals surface area contributed by atoms with Crippen molar-refractivity contribution in [3.8, 4) is 11.5 Å². The molecule has 0 amide bonds. The lowest BCUT2D eigenvalue weighted by molar-refractivity contribution is 0.0684. The van der Waals surface area contributed by atoms with E-state index in [1.54, 1.807) is 9.13 Å². The predicted molar refractivity (Wildman–Crippen MR) is 157 cm³/mol. The second-order valence-electron chi connectivity index (χ2n) is 10.8. The highest BCUT2D eigenvalue weighted by Gasteiger charge is 2.31. The van der Waals surface area contributed by atoms with Crippen molar-refractivity contribution in [2.24, 2.45) is 0 Å². The van der Waals surface area contributed by atoms with Gasteiger partial charge in [0.25, 0.3) is 0 Å². The quantitative estimate of drug-likeness (QED) is 0.181. The molecule has 2 aliphatic rings. The van der Waals surface area contributed by atoms with Gasteiger partial charge < -0.3 is 39.5 Å². The van der Waals surface area contributed by atoms with Crippen molar-refractivity contribution in [3.63, 3.8) is 0 Å². The molecule has 2 aliphatic carbocycles. The van der Waals surface area contributed by atoms with Crippen LogP contribution in [0.25, 0.3) is 21.8 Å². The van der Waals surface area contributed by atoms with Gasteiger partial charge in [-0.2, -0.15) is 0 Å². The van der Waals surface area contributed by atoms with Crippen LogP contribution in [0.15, 0.2) is 34.1 Å². The summed E-state index contributed by atoms with van der Waals surface area (Å²) in [5.41, 5.74) is -2.17. The van der Waals surface area contributed by atoms with E-state index in [1.165, 1.54) is 26.6 Å². The lowest BCUT2D eigenvalue weighted by atomic mass is 10.1. The van der Waals surface area contributed by atoms with Gasteiger partial charge in [0.15, 0.2) is 23.1 Å². The molecule has 0 atom stereocenters. The van der Waals surface area contributed by atoms with E-state index in [4.69, 9.17) is 9.47 Å². The Morgan fingerprint density at radius 3 is 1.43 bits per heavy atom. The maximum absolute atomic E-state index is 15.4. The van der Waals surface area contributed by atoms with E-state index in [-0.39, 0.29) is 69.9 Å². The summed E-state index contributed by atoms with van der Waals surface area (Å²) >= 11 is 0. The van der Waals surface area contributed by atoms with Crippen molar-refractivity contribution in [1.29, 1.82) is 0 Å². The normalized spacial score (nSPS) is 14.5. The molecule has 0 aliphatic heterocycles. The number of rotatable bonds is 11. The third-order valence-electron chi connectivity index (χ3n) is 7.92. The number of aromatic carboxylic acids is 2. The average Bonchev–Trinajstić information content (AvgIpc) is 3.90. The smallest absolute Gasteiger partial charge is 0.341 e.